The zero-order valence-electron chi connectivity index (χ0n) is 10.9. The summed E-state index contributed by atoms with van der Waals surface area (Å²) in [6, 6.07) is 4.51. The van der Waals surface area contributed by atoms with Crippen LogP contribution in [0.3, 0.4) is 0 Å². The Balaban J connectivity index is 2.67. The molecule has 1 aromatic carbocycles. The first-order valence-corrected chi connectivity index (χ1v) is 5.94. The van der Waals surface area contributed by atoms with Crippen LogP contribution in [0.5, 0.6) is 5.75 Å². The van der Waals surface area contributed by atoms with Crippen LogP contribution in [0.2, 0.25) is 0 Å². The zero-order chi connectivity index (χ0) is 13.4. The summed E-state index contributed by atoms with van der Waals surface area (Å²) in [5.41, 5.74) is 0.791. The maximum atomic E-state index is 13.2. The quantitative estimate of drug-likeness (QED) is 0.570. The predicted octanol–water partition coefficient (Wildman–Crippen LogP) is 2.52. The molecule has 1 rings (SSSR count). The van der Waals surface area contributed by atoms with Crippen molar-refractivity contribution in [2.45, 2.75) is 19.6 Å². The fourth-order valence-corrected chi connectivity index (χ4v) is 1.45. The molecule has 100 valence electrons. The van der Waals surface area contributed by atoms with Gasteiger partial charge in [0.15, 0.2) is 0 Å². The minimum Gasteiger partial charge on any atom is -0.486 e. The van der Waals surface area contributed by atoms with Crippen molar-refractivity contribution in [1.82, 2.24) is 5.32 Å². The van der Waals surface area contributed by atoms with Gasteiger partial charge in [0, 0.05) is 25.8 Å². The van der Waals surface area contributed by atoms with E-state index in [2.05, 4.69) is 11.9 Å². The molecule has 0 aromatic heterocycles. The van der Waals surface area contributed by atoms with E-state index >= 15 is 0 Å². The molecule has 0 saturated carbocycles. The highest BCUT2D eigenvalue weighted by molar-refractivity contribution is 5.34. The number of hydrogen-bond acceptors (Lipinski definition) is 3. The fourth-order valence-electron chi connectivity index (χ4n) is 1.45. The Hall–Kier alpha value is -1.39. The third-order valence-corrected chi connectivity index (χ3v) is 2.47. The third kappa shape index (κ3) is 4.85. The van der Waals surface area contributed by atoms with Crippen molar-refractivity contribution in [1.29, 1.82) is 0 Å². The van der Waals surface area contributed by atoms with Gasteiger partial charge in [-0.25, -0.2) is 4.39 Å². The second-order valence-electron chi connectivity index (χ2n) is 3.98. The lowest BCUT2D eigenvalue weighted by Gasteiger charge is -2.15. The molecule has 18 heavy (non-hydrogen) atoms. The van der Waals surface area contributed by atoms with E-state index in [1.807, 2.05) is 6.92 Å². The Morgan fingerprint density at radius 2 is 2.28 bits per heavy atom. The molecule has 0 heterocycles. The van der Waals surface area contributed by atoms with Crippen molar-refractivity contribution >= 4 is 0 Å². The molecule has 0 aliphatic rings. The summed E-state index contributed by atoms with van der Waals surface area (Å²) in [6.45, 7) is 7.42. The number of methoxy groups -OCH3 is 1. The SMILES string of the molecule is C=CC(C)Oc1ccc(F)cc1CNCCOC. The van der Waals surface area contributed by atoms with Crippen molar-refractivity contribution in [3.05, 3.63) is 42.2 Å². The van der Waals surface area contributed by atoms with Crippen molar-refractivity contribution in [3.8, 4) is 5.75 Å². The summed E-state index contributed by atoms with van der Waals surface area (Å²) >= 11 is 0. The van der Waals surface area contributed by atoms with Gasteiger partial charge in [0.05, 0.1) is 6.61 Å². The number of ether oxygens (including phenoxy) is 2. The summed E-state index contributed by atoms with van der Waals surface area (Å²) in [4.78, 5) is 0. The summed E-state index contributed by atoms with van der Waals surface area (Å²) in [6.07, 6.45) is 1.60. The van der Waals surface area contributed by atoms with Gasteiger partial charge < -0.3 is 14.8 Å². The average molecular weight is 253 g/mol. The third-order valence-electron chi connectivity index (χ3n) is 2.47. The minimum absolute atomic E-state index is 0.104. The molecule has 0 aliphatic carbocycles. The smallest absolute Gasteiger partial charge is 0.124 e. The topological polar surface area (TPSA) is 30.5 Å². The van der Waals surface area contributed by atoms with Crippen molar-refractivity contribution in [2.75, 3.05) is 20.3 Å². The van der Waals surface area contributed by atoms with Crippen LogP contribution in [0.15, 0.2) is 30.9 Å². The monoisotopic (exact) mass is 253 g/mol. The molecule has 0 aliphatic heterocycles. The largest absolute Gasteiger partial charge is 0.486 e. The normalized spacial score (nSPS) is 12.2. The molecule has 0 radical (unpaired) electrons. The molecule has 0 amide bonds. The molecule has 1 atom stereocenters. The molecule has 0 fully saturated rings. The summed E-state index contributed by atoms with van der Waals surface area (Å²) < 4.78 is 23.8. The number of rotatable bonds is 8. The van der Waals surface area contributed by atoms with E-state index < -0.39 is 0 Å². The highest BCUT2D eigenvalue weighted by Crippen LogP contribution is 2.21. The number of nitrogens with one attached hydrogen (secondary N) is 1. The Kier molecular flexibility index (Phi) is 6.39. The van der Waals surface area contributed by atoms with Gasteiger partial charge >= 0.3 is 0 Å². The van der Waals surface area contributed by atoms with Crippen LogP contribution in [0.25, 0.3) is 0 Å². The van der Waals surface area contributed by atoms with E-state index in [0.29, 0.717) is 25.4 Å². The minimum atomic E-state index is -0.267. The van der Waals surface area contributed by atoms with Crippen LogP contribution in [0.4, 0.5) is 4.39 Å². The summed E-state index contributed by atoms with van der Waals surface area (Å²) in [5.74, 6) is 0.408. The summed E-state index contributed by atoms with van der Waals surface area (Å²) in [5, 5.41) is 3.16. The van der Waals surface area contributed by atoms with Crippen LogP contribution in [-0.2, 0) is 11.3 Å². The lowest BCUT2D eigenvalue weighted by molar-refractivity contribution is 0.199. The van der Waals surface area contributed by atoms with E-state index in [-0.39, 0.29) is 11.9 Å². The molecule has 1 N–H and O–H groups in total. The van der Waals surface area contributed by atoms with Gasteiger partial charge in [-0.15, -0.1) is 0 Å². The van der Waals surface area contributed by atoms with Crippen LogP contribution >= 0.6 is 0 Å². The van der Waals surface area contributed by atoms with E-state index in [1.165, 1.54) is 12.1 Å². The Bertz CT molecular complexity index is 382. The lowest BCUT2D eigenvalue weighted by atomic mass is 10.2. The van der Waals surface area contributed by atoms with Crippen LogP contribution in [0.1, 0.15) is 12.5 Å². The predicted molar refractivity (Wildman–Crippen MR) is 70.3 cm³/mol. The van der Waals surface area contributed by atoms with Gasteiger partial charge in [-0.3, -0.25) is 0 Å². The first kappa shape index (κ1) is 14.7. The molecular formula is C14H20FNO2. The van der Waals surface area contributed by atoms with Crippen molar-refractivity contribution < 1.29 is 13.9 Å². The van der Waals surface area contributed by atoms with Gasteiger partial charge in [0.1, 0.15) is 17.7 Å². The molecule has 0 spiro atoms. The summed E-state index contributed by atoms with van der Waals surface area (Å²) in [7, 11) is 1.64. The zero-order valence-corrected chi connectivity index (χ0v) is 10.9. The highest BCUT2D eigenvalue weighted by atomic mass is 19.1. The number of hydrogen-bond donors (Lipinski definition) is 1. The Morgan fingerprint density at radius 1 is 1.50 bits per heavy atom. The second kappa shape index (κ2) is 7.84. The molecule has 4 heteroatoms. The van der Waals surface area contributed by atoms with E-state index in [4.69, 9.17) is 9.47 Å². The van der Waals surface area contributed by atoms with Crippen LogP contribution in [0, 0.1) is 5.82 Å². The average Bonchev–Trinajstić information content (AvgIpc) is 2.37. The standard InChI is InChI=1S/C14H20FNO2/c1-4-11(2)18-14-6-5-13(15)9-12(14)10-16-7-8-17-3/h4-6,9,11,16H,1,7-8,10H2,2-3H3. The van der Waals surface area contributed by atoms with Gasteiger partial charge in [0.25, 0.3) is 0 Å². The molecule has 3 nitrogen and oxygen atoms in total. The molecule has 1 unspecified atom stereocenters. The van der Waals surface area contributed by atoms with E-state index in [9.17, 15) is 4.39 Å². The first-order valence-electron chi connectivity index (χ1n) is 5.94. The van der Waals surface area contributed by atoms with Gasteiger partial charge in [-0.2, -0.15) is 0 Å². The maximum Gasteiger partial charge on any atom is 0.124 e. The molecule has 0 bridgehead atoms. The van der Waals surface area contributed by atoms with E-state index in [1.54, 1.807) is 19.3 Å². The van der Waals surface area contributed by atoms with Gasteiger partial charge in [0.2, 0.25) is 0 Å². The van der Waals surface area contributed by atoms with Gasteiger partial charge in [-0.05, 0) is 25.1 Å². The van der Waals surface area contributed by atoms with Crippen LogP contribution < -0.4 is 10.1 Å². The second-order valence-corrected chi connectivity index (χ2v) is 3.98. The highest BCUT2D eigenvalue weighted by Gasteiger charge is 2.07. The van der Waals surface area contributed by atoms with Crippen molar-refractivity contribution in [3.63, 3.8) is 0 Å². The van der Waals surface area contributed by atoms with Crippen molar-refractivity contribution in [2.24, 2.45) is 0 Å². The maximum absolute atomic E-state index is 13.2. The van der Waals surface area contributed by atoms with Crippen LogP contribution in [-0.4, -0.2) is 26.4 Å². The number of benzene rings is 1. The molecule has 1 aromatic rings. The Morgan fingerprint density at radius 3 is 2.94 bits per heavy atom. The number of halogens is 1. The van der Waals surface area contributed by atoms with Gasteiger partial charge in [-0.1, -0.05) is 12.7 Å². The fraction of sp³-hybridized carbons (Fsp3) is 0.429. The molecular weight excluding hydrogens is 233 g/mol. The lowest BCUT2D eigenvalue weighted by Crippen LogP contribution is -2.19. The Labute approximate surface area is 108 Å². The van der Waals surface area contributed by atoms with E-state index in [0.717, 1.165) is 5.56 Å². The molecule has 0 saturated heterocycles. The first-order chi connectivity index (χ1) is 8.67.